The van der Waals surface area contributed by atoms with Crippen LogP contribution in [0.5, 0.6) is 0 Å². The molecule has 0 saturated carbocycles. The molecule has 0 saturated heterocycles. The Bertz CT molecular complexity index is 563. The van der Waals surface area contributed by atoms with Gasteiger partial charge in [0.2, 0.25) is 20.0 Å². The number of primary sulfonamides is 1. The van der Waals surface area contributed by atoms with Crippen molar-refractivity contribution in [3.63, 3.8) is 0 Å². The zero-order valence-corrected chi connectivity index (χ0v) is 19.8. The minimum absolute atomic E-state index is 0.0388. The number of nitrogens with one attached hydrogen (secondary N) is 1. The first-order valence-corrected chi connectivity index (χ1v) is 14.5. The van der Waals surface area contributed by atoms with Crippen molar-refractivity contribution in [1.29, 1.82) is 0 Å². The molecular weight excluding hydrogens is 396 g/mol. The molecule has 6 nitrogen and oxygen atoms in total. The normalized spacial score (nSPS) is 13.7. The van der Waals surface area contributed by atoms with Crippen molar-refractivity contribution in [3.8, 4) is 0 Å². The lowest BCUT2D eigenvalue weighted by Crippen LogP contribution is -2.44. The van der Waals surface area contributed by atoms with Gasteiger partial charge in [0.15, 0.2) is 0 Å². The summed E-state index contributed by atoms with van der Waals surface area (Å²) in [6.07, 6.45) is 16.1. The Kier molecular flexibility index (Phi) is 16.5. The average molecular weight is 441 g/mol. The second-order valence-electron chi connectivity index (χ2n) is 7.90. The van der Waals surface area contributed by atoms with E-state index in [0.717, 1.165) is 51.4 Å². The number of unbranched alkanes of at least 4 members (excludes halogenated alkanes) is 13. The van der Waals surface area contributed by atoms with Crippen LogP contribution in [0.3, 0.4) is 0 Å². The average Bonchev–Trinajstić information content (AvgIpc) is 2.61. The molecule has 0 aromatic carbocycles. The van der Waals surface area contributed by atoms with Crippen molar-refractivity contribution in [2.45, 2.75) is 122 Å². The van der Waals surface area contributed by atoms with Gasteiger partial charge in [0.25, 0.3) is 0 Å². The van der Waals surface area contributed by atoms with E-state index in [-0.39, 0.29) is 12.2 Å². The summed E-state index contributed by atoms with van der Waals surface area (Å²) in [6.45, 7) is 4.33. The Morgan fingerprint density at radius 3 is 1.46 bits per heavy atom. The molecule has 170 valence electrons. The van der Waals surface area contributed by atoms with Crippen LogP contribution in [0.2, 0.25) is 0 Å². The van der Waals surface area contributed by atoms with Crippen LogP contribution in [0.1, 0.15) is 117 Å². The van der Waals surface area contributed by atoms with Crippen molar-refractivity contribution < 1.29 is 16.8 Å². The molecule has 0 aliphatic carbocycles. The maximum atomic E-state index is 12.2. The fourth-order valence-electron chi connectivity index (χ4n) is 3.26. The zero-order chi connectivity index (χ0) is 21.3. The van der Waals surface area contributed by atoms with Gasteiger partial charge in [-0.3, -0.25) is 0 Å². The first-order valence-electron chi connectivity index (χ1n) is 11.2. The van der Waals surface area contributed by atoms with E-state index in [9.17, 15) is 16.8 Å². The van der Waals surface area contributed by atoms with Crippen LogP contribution in [-0.4, -0.2) is 28.0 Å². The second-order valence-corrected chi connectivity index (χ2v) is 11.5. The standard InChI is InChI=1S/C20H44N2O4S2/c1-3-5-7-9-11-12-13-14-16-18-20(28(21,25)26)22-27(23,24)19-17-15-10-8-6-4-2/h20,22H,3-19H2,1-2H3,(H2,21,25,26). The predicted octanol–water partition coefficient (Wildman–Crippen LogP) is 4.80. The molecule has 0 aliphatic rings. The topological polar surface area (TPSA) is 106 Å². The molecule has 0 radical (unpaired) electrons. The van der Waals surface area contributed by atoms with Crippen LogP contribution in [-0.2, 0) is 20.0 Å². The maximum absolute atomic E-state index is 12.2. The van der Waals surface area contributed by atoms with Gasteiger partial charge in [0.05, 0.1) is 5.75 Å². The minimum atomic E-state index is -3.94. The van der Waals surface area contributed by atoms with Crippen molar-refractivity contribution >= 4 is 20.0 Å². The van der Waals surface area contributed by atoms with Crippen LogP contribution in [0.25, 0.3) is 0 Å². The van der Waals surface area contributed by atoms with E-state index in [4.69, 9.17) is 5.14 Å². The largest absolute Gasteiger partial charge is 0.227 e. The Morgan fingerprint density at radius 1 is 0.643 bits per heavy atom. The highest BCUT2D eigenvalue weighted by Gasteiger charge is 2.26. The molecule has 0 bridgehead atoms. The van der Waals surface area contributed by atoms with Gasteiger partial charge in [-0.15, -0.1) is 0 Å². The quantitative estimate of drug-likeness (QED) is 0.265. The van der Waals surface area contributed by atoms with E-state index in [0.29, 0.717) is 12.8 Å². The third-order valence-corrected chi connectivity index (χ3v) is 7.81. The first-order chi connectivity index (χ1) is 13.2. The summed E-state index contributed by atoms with van der Waals surface area (Å²) in [5.74, 6) is -0.0388. The van der Waals surface area contributed by atoms with Gasteiger partial charge in [-0.2, -0.15) is 4.72 Å². The lowest BCUT2D eigenvalue weighted by Gasteiger charge is -2.17. The molecule has 0 fully saturated rings. The van der Waals surface area contributed by atoms with Gasteiger partial charge in [0, 0.05) is 0 Å². The van der Waals surface area contributed by atoms with Gasteiger partial charge in [0.1, 0.15) is 5.37 Å². The Labute approximate surface area is 174 Å². The molecule has 0 amide bonds. The minimum Gasteiger partial charge on any atom is -0.227 e. The predicted molar refractivity (Wildman–Crippen MR) is 119 cm³/mol. The number of hydrogen-bond donors (Lipinski definition) is 2. The third-order valence-electron chi connectivity index (χ3n) is 5.04. The monoisotopic (exact) mass is 440 g/mol. The van der Waals surface area contributed by atoms with E-state index in [1.807, 2.05) is 0 Å². The number of hydrogen-bond acceptors (Lipinski definition) is 4. The summed E-state index contributed by atoms with van der Waals surface area (Å²) in [5.41, 5.74) is 0. The van der Waals surface area contributed by atoms with Crippen LogP contribution in [0.15, 0.2) is 0 Å². The Balaban J connectivity index is 4.13. The summed E-state index contributed by atoms with van der Waals surface area (Å²) in [7, 11) is -7.56. The molecule has 1 unspecified atom stereocenters. The highest BCUT2D eigenvalue weighted by Crippen LogP contribution is 2.13. The van der Waals surface area contributed by atoms with E-state index >= 15 is 0 Å². The van der Waals surface area contributed by atoms with Crippen molar-refractivity contribution in [1.82, 2.24) is 4.72 Å². The molecule has 3 N–H and O–H groups in total. The summed E-state index contributed by atoms with van der Waals surface area (Å²) >= 11 is 0. The van der Waals surface area contributed by atoms with Crippen molar-refractivity contribution in [3.05, 3.63) is 0 Å². The van der Waals surface area contributed by atoms with Crippen molar-refractivity contribution in [2.24, 2.45) is 5.14 Å². The lowest BCUT2D eigenvalue weighted by atomic mass is 10.1. The van der Waals surface area contributed by atoms with Gasteiger partial charge in [-0.1, -0.05) is 104 Å². The molecule has 28 heavy (non-hydrogen) atoms. The molecule has 0 rings (SSSR count). The zero-order valence-electron chi connectivity index (χ0n) is 18.1. The molecular formula is C20H44N2O4S2. The summed E-state index contributed by atoms with van der Waals surface area (Å²) in [6, 6.07) is 0. The van der Waals surface area contributed by atoms with E-state index in [2.05, 4.69) is 18.6 Å². The molecule has 0 aromatic rings. The molecule has 0 heterocycles. The number of sulfonamides is 2. The third kappa shape index (κ3) is 16.7. The van der Waals surface area contributed by atoms with Crippen LogP contribution >= 0.6 is 0 Å². The highest BCUT2D eigenvalue weighted by molar-refractivity contribution is 7.93. The smallest absolute Gasteiger partial charge is 0.226 e. The molecule has 1 atom stereocenters. The summed E-state index contributed by atoms with van der Waals surface area (Å²) in [4.78, 5) is 0. The Hall–Kier alpha value is -0.180. The van der Waals surface area contributed by atoms with Crippen LogP contribution < -0.4 is 9.86 Å². The molecule has 0 aliphatic heterocycles. The van der Waals surface area contributed by atoms with E-state index in [1.165, 1.54) is 32.1 Å². The fourth-order valence-corrected chi connectivity index (χ4v) is 5.95. The highest BCUT2D eigenvalue weighted by atomic mass is 32.2. The summed E-state index contributed by atoms with van der Waals surface area (Å²) in [5, 5.41) is 4.04. The van der Waals surface area contributed by atoms with Gasteiger partial charge < -0.3 is 0 Å². The Morgan fingerprint density at radius 2 is 1.04 bits per heavy atom. The number of rotatable bonds is 20. The maximum Gasteiger partial charge on any atom is 0.226 e. The van der Waals surface area contributed by atoms with Crippen LogP contribution in [0, 0.1) is 0 Å². The fraction of sp³-hybridized carbons (Fsp3) is 1.00. The molecule has 0 spiro atoms. The van der Waals surface area contributed by atoms with Gasteiger partial charge >= 0.3 is 0 Å². The van der Waals surface area contributed by atoms with E-state index < -0.39 is 25.4 Å². The second kappa shape index (κ2) is 16.6. The lowest BCUT2D eigenvalue weighted by molar-refractivity contribution is 0.518. The van der Waals surface area contributed by atoms with Gasteiger partial charge in [-0.05, 0) is 12.8 Å². The van der Waals surface area contributed by atoms with Gasteiger partial charge in [-0.25, -0.2) is 22.0 Å². The van der Waals surface area contributed by atoms with Crippen molar-refractivity contribution in [2.75, 3.05) is 5.75 Å². The SMILES string of the molecule is CCCCCCCCCCCC(NS(=O)(=O)CCCCCCCC)S(N)(=O)=O. The molecule has 0 aromatic heterocycles. The summed E-state index contributed by atoms with van der Waals surface area (Å²) < 4.78 is 50.3. The first kappa shape index (κ1) is 27.8. The molecule has 8 heteroatoms. The van der Waals surface area contributed by atoms with E-state index in [1.54, 1.807) is 0 Å². The number of nitrogens with two attached hydrogens (primary N) is 1. The van der Waals surface area contributed by atoms with Crippen LogP contribution in [0.4, 0.5) is 0 Å².